The lowest BCUT2D eigenvalue weighted by Gasteiger charge is -2.50. The fourth-order valence-corrected chi connectivity index (χ4v) is 4.55. The number of piperazine rings is 1. The fraction of sp³-hybridized carbons (Fsp3) is 0.600. The Bertz CT molecular complexity index is 594. The first kappa shape index (κ1) is 12.5. The molecule has 0 atom stereocenters. The molecule has 2 aliphatic rings. The van der Waals surface area contributed by atoms with Crippen LogP contribution in [0, 0.1) is 0 Å². The normalized spacial score (nSPS) is 22.5. The molecule has 4 rings (SSSR count). The number of fused-ring (bicyclic) bond motifs is 1. The maximum atomic E-state index is 4.65. The van der Waals surface area contributed by atoms with E-state index in [0.29, 0.717) is 0 Å². The van der Waals surface area contributed by atoms with Crippen molar-refractivity contribution in [2.75, 3.05) is 24.5 Å². The van der Waals surface area contributed by atoms with Crippen LogP contribution in [0.2, 0.25) is 0 Å². The van der Waals surface area contributed by atoms with Crippen molar-refractivity contribution in [1.82, 2.24) is 15.3 Å². The highest BCUT2D eigenvalue weighted by atomic mass is 32.1. The molecule has 0 radical (unpaired) electrons. The molecule has 2 fully saturated rings. The van der Waals surface area contributed by atoms with E-state index in [1.807, 2.05) is 0 Å². The van der Waals surface area contributed by atoms with Crippen LogP contribution in [0.4, 0.5) is 5.82 Å². The molecular formula is C15H20N4S. The molecule has 1 spiro atoms. The second-order valence-corrected chi connectivity index (χ2v) is 6.84. The number of hydrogen-bond donors (Lipinski definition) is 1. The number of anilines is 1. The van der Waals surface area contributed by atoms with E-state index < -0.39 is 0 Å². The van der Waals surface area contributed by atoms with Gasteiger partial charge in [0.2, 0.25) is 0 Å². The Kier molecular flexibility index (Phi) is 3.11. The second kappa shape index (κ2) is 4.97. The Balaban J connectivity index is 1.79. The topological polar surface area (TPSA) is 41.1 Å². The smallest absolute Gasteiger partial charge is 0.141 e. The van der Waals surface area contributed by atoms with Gasteiger partial charge < -0.3 is 10.2 Å². The van der Waals surface area contributed by atoms with Gasteiger partial charge in [0, 0.05) is 19.6 Å². The molecule has 5 heteroatoms. The van der Waals surface area contributed by atoms with Gasteiger partial charge in [-0.2, -0.15) is 0 Å². The van der Waals surface area contributed by atoms with Gasteiger partial charge in [-0.25, -0.2) is 9.97 Å². The Morgan fingerprint density at radius 2 is 2.10 bits per heavy atom. The van der Waals surface area contributed by atoms with Crippen molar-refractivity contribution in [3.63, 3.8) is 0 Å². The summed E-state index contributed by atoms with van der Waals surface area (Å²) in [5.41, 5.74) is 0.277. The third-order valence-electron chi connectivity index (χ3n) is 4.82. The SMILES string of the molecule is c1nc(N2CCNCC23CCCCC3)c2ccsc2n1. The van der Waals surface area contributed by atoms with Gasteiger partial charge in [0.1, 0.15) is 17.0 Å². The van der Waals surface area contributed by atoms with Crippen molar-refractivity contribution in [2.24, 2.45) is 0 Å². The minimum absolute atomic E-state index is 0.277. The summed E-state index contributed by atoms with van der Waals surface area (Å²) in [5, 5.41) is 6.95. The van der Waals surface area contributed by atoms with E-state index in [1.165, 1.54) is 37.5 Å². The van der Waals surface area contributed by atoms with Crippen LogP contribution in [0.15, 0.2) is 17.8 Å². The van der Waals surface area contributed by atoms with E-state index in [1.54, 1.807) is 17.7 Å². The van der Waals surface area contributed by atoms with Crippen LogP contribution in [0.1, 0.15) is 32.1 Å². The van der Waals surface area contributed by atoms with E-state index >= 15 is 0 Å². The maximum Gasteiger partial charge on any atom is 0.141 e. The summed E-state index contributed by atoms with van der Waals surface area (Å²) in [6, 6.07) is 2.17. The number of nitrogens with zero attached hydrogens (tertiary/aromatic N) is 3. The first-order valence-corrected chi connectivity index (χ1v) is 8.44. The first-order valence-electron chi connectivity index (χ1n) is 7.56. The Labute approximate surface area is 123 Å². The lowest BCUT2D eigenvalue weighted by atomic mass is 9.79. The third kappa shape index (κ3) is 1.91. The van der Waals surface area contributed by atoms with Crippen LogP contribution in [0.3, 0.4) is 0 Å². The van der Waals surface area contributed by atoms with Crippen molar-refractivity contribution < 1.29 is 0 Å². The van der Waals surface area contributed by atoms with Crippen LogP contribution < -0.4 is 10.2 Å². The molecule has 20 heavy (non-hydrogen) atoms. The van der Waals surface area contributed by atoms with Gasteiger partial charge in [-0.15, -0.1) is 11.3 Å². The minimum Gasteiger partial charge on any atom is -0.348 e. The van der Waals surface area contributed by atoms with E-state index in [0.717, 1.165) is 30.3 Å². The lowest BCUT2D eigenvalue weighted by molar-refractivity contribution is 0.240. The van der Waals surface area contributed by atoms with E-state index in [4.69, 9.17) is 0 Å². The predicted molar refractivity (Wildman–Crippen MR) is 83.4 cm³/mol. The molecule has 1 saturated heterocycles. The first-order chi connectivity index (χ1) is 9.89. The molecule has 2 aromatic heterocycles. The van der Waals surface area contributed by atoms with Gasteiger partial charge >= 0.3 is 0 Å². The summed E-state index contributed by atoms with van der Waals surface area (Å²) < 4.78 is 0. The Morgan fingerprint density at radius 3 is 3.00 bits per heavy atom. The van der Waals surface area contributed by atoms with Crippen molar-refractivity contribution in [2.45, 2.75) is 37.6 Å². The molecule has 1 N–H and O–H groups in total. The van der Waals surface area contributed by atoms with Crippen molar-refractivity contribution in [1.29, 1.82) is 0 Å². The average molecular weight is 288 g/mol. The Morgan fingerprint density at radius 1 is 1.20 bits per heavy atom. The van der Waals surface area contributed by atoms with Gasteiger partial charge in [-0.3, -0.25) is 0 Å². The number of thiophene rings is 1. The van der Waals surface area contributed by atoms with Gasteiger partial charge in [0.05, 0.1) is 10.9 Å². The summed E-state index contributed by atoms with van der Waals surface area (Å²) in [7, 11) is 0. The largest absolute Gasteiger partial charge is 0.348 e. The molecule has 1 saturated carbocycles. The summed E-state index contributed by atoms with van der Waals surface area (Å²) >= 11 is 1.71. The van der Waals surface area contributed by atoms with Crippen molar-refractivity contribution >= 4 is 27.4 Å². The molecule has 0 aromatic carbocycles. The second-order valence-electron chi connectivity index (χ2n) is 5.95. The van der Waals surface area contributed by atoms with Gasteiger partial charge in [0.25, 0.3) is 0 Å². The van der Waals surface area contributed by atoms with Crippen LogP contribution in [-0.4, -0.2) is 35.1 Å². The fourth-order valence-electron chi connectivity index (χ4n) is 3.82. The van der Waals surface area contributed by atoms with Crippen LogP contribution in [0.25, 0.3) is 10.2 Å². The van der Waals surface area contributed by atoms with Gasteiger partial charge in [0.15, 0.2) is 0 Å². The molecule has 4 nitrogen and oxygen atoms in total. The zero-order valence-electron chi connectivity index (χ0n) is 11.6. The number of rotatable bonds is 1. The monoisotopic (exact) mass is 288 g/mol. The summed E-state index contributed by atoms with van der Waals surface area (Å²) in [6.07, 6.45) is 8.37. The lowest BCUT2D eigenvalue weighted by Crippen LogP contribution is -2.62. The molecule has 1 aliphatic heterocycles. The zero-order chi connectivity index (χ0) is 13.4. The van der Waals surface area contributed by atoms with Gasteiger partial charge in [-0.1, -0.05) is 19.3 Å². The molecule has 3 heterocycles. The molecule has 106 valence electrons. The summed E-state index contributed by atoms with van der Waals surface area (Å²) in [6.45, 7) is 3.21. The number of aromatic nitrogens is 2. The van der Waals surface area contributed by atoms with Crippen LogP contribution >= 0.6 is 11.3 Å². The molecule has 0 unspecified atom stereocenters. The molecule has 0 bridgehead atoms. The van der Waals surface area contributed by atoms with E-state index in [-0.39, 0.29) is 5.54 Å². The maximum absolute atomic E-state index is 4.65. The highest BCUT2D eigenvalue weighted by molar-refractivity contribution is 7.16. The predicted octanol–water partition coefficient (Wildman–Crippen LogP) is 2.80. The minimum atomic E-state index is 0.277. The standard InChI is InChI=1S/C15H20N4S/c1-2-5-15(6-3-1)10-16-7-8-19(15)13-12-4-9-20-14(12)18-11-17-13/h4,9,11,16H,1-3,5-8,10H2. The number of hydrogen-bond acceptors (Lipinski definition) is 5. The third-order valence-corrected chi connectivity index (χ3v) is 5.64. The molecule has 0 amide bonds. The quantitative estimate of drug-likeness (QED) is 0.876. The molecular weight excluding hydrogens is 268 g/mol. The summed E-state index contributed by atoms with van der Waals surface area (Å²) in [5.74, 6) is 1.15. The summed E-state index contributed by atoms with van der Waals surface area (Å²) in [4.78, 5) is 12.7. The zero-order valence-corrected chi connectivity index (χ0v) is 12.5. The Hall–Kier alpha value is -1.20. The van der Waals surface area contributed by atoms with Crippen molar-refractivity contribution in [3.05, 3.63) is 17.8 Å². The molecule has 2 aromatic rings. The average Bonchev–Trinajstić information content (AvgIpc) is 2.97. The van der Waals surface area contributed by atoms with Crippen LogP contribution in [-0.2, 0) is 0 Å². The van der Waals surface area contributed by atoms with E-state index in [2.05, 4.69) is 31.6 Å². The van der Waals surface area contributed by atoms with E-state index in [9.17, 15) is 0 Å². The van der Waals surface area contributed by atoms with Gasteiger partial charge in [-0.05, 0) is 24.3 Å². The highest BCUT2D eigenvalue weighted by Crippen LogP contribution is 2.39. The highest BCUT2D eigenvalue weighted by Gasteiger charge is 2.40. The number of nitrogens with one attached hydrogen (secondary N) is 1. The van der Waals surface area contributed by atoms with Crippen molar-refractivity contribution in [3.8, 4) is 0 Å². The van der Waals surface area contributed by atoms with Crippen LogP contribution in [0.5, 0.6) is 0 Å². The molecule has 1 aliphatic carbocycles.